The molecular formula is C26H38F3N3O4. The van der Waals surface area contributed by atoms with Crippen molar-refractivity contribution in [3.8, 4) is 5.75 Å². The van der Waals surface area contributed by atoms with Crippen LogP contribution in [0.2, 0.25) is 0 Å². The second-order valence-corrected chi connectivity index (χ2v) is 10.1. The van der Waals surface area contributed by atoms with Gasteiger partial charge in [0, 0.05) is 51.4 Å². The predicted octanol–water partition coefficient (Wildman–Crippen LogP) is 4.57. The Bertz CT molecular complexity index is 905. The van der Waals surface area contributed by atoms with E-state index in [1.807, 2.05) is 13.8 Å². The molecule has 36 heavy (non-hydrogen) atoms. The molecule has 1 N–H and O–H groups in total. The fraction of sp³-hybridized carbons (Fsp3) is 0.692. The van der Waals surface area contributed by atoms with Crippen LogP contribution in [0.1, 0.15) is 56.3 Å². The second kappa shape index (κ2) is 12.3. The van der Waals surface area contributed by atoms with Gasteiger partial charge in [0.05, 0.1) is 18.1 Å². The number of nitrogens with one attached hydrogen (secondary N) is 1. The fourth-order valence-corrected chi connectivity index (χ4v) is 4.94. The maximum Gasteiger partial charge on any atom is 0.390 e. The van der Waals surface area contributed by atoms with Crippen LogP contribution in [0.3, 0.4) is 0 Å². The zero-order chi connectivity index (χ0) is 26.5. The number of fused-ring (bicyclic) bond motifs is 1. The molecule has 0 spiro atoms. The SMILES string of the molecule is CO[C@H]1CN(C)C(=O)c2cc(NC(=O)C3CCCC3)ccc2OC[C@H](C)N(CCC(F)(F)F)C[C@H]1C. The highest BCUT2D eigenvalue weighted by Gasteiger charge is 2.32. The Labute approximate surface area is 211 Å². The van der Waals surface area contributed by atoms with E-state index in [1.165, 1.54) is 4.90 Å². The Morgan fingerprint density at radius 1 is 1.19 bits per heavy atom. The summed E-state index contributed by atoms with van der Waals surface area (Å²) in [6.07, 6.45) is -1.74. The number of nitrogens with zero attached hydrogens (tertiary/aromatic N) is 2. The van der Waals surface area contributed by atoms with Crippen molar-refractivity contribution in [2.45, 2.75) is 64.3 Å². The van der Waals surface area contributed by atoms with Gasteiger partial charge in [0.1, 0.15) is 12.4 Å². The first-order valence-electron chi connectivity index (χ1n) is 12.6. The van der Waals surface area contributed by atoms with E-state index in [9.17, 15) is 22.8 Å². The Hall–Kier alpha value is -2.33. The van der Waals surface area contributed by atoms with Crippen LogP contribution in [-0.4, -0.2) is 80.3 Å². The molecule has 0 aromatic heterocycles. The Kier molecular flexibility index (Phi) is 9.63. The first-order valence-corrected chi connectivity index (χ1v) is 12.6. The molecule has 1 saturated carbocycles. The number of benzene rings is 1. The van der Waals surface area contributed by atoms with E-state index in [1.54, 1.807) is 37.3 Å². The van der Waals surface area contributed by atoms with Crippen LogP contribution in [0.4, 0.5) is 18.9 Å². The predicted molar refractivity (Wildman–Crippen MR) is 131 cm³/mol. The van der Waals surface area contributed by atoms with E-state index in [2.05, 4.69) is 5.32 Å². The lowest BCUT2D eigenvalue weighted by atomic mass is 10.0. The highest BCUT2D eigenvalue weighted by molar-refractivity contribution is 5.99. The summed E-state index contributed by atoms with van der Waals surface area (Å²) in [6.45, 7) is 4.33. The second-order valence-electron chi connectivity index (χ2n) is 10.1. The summed E-state index contributed by atoms with van der Waals surface area (Å²) in [7, 11) is 3.20. The molecule has 1 fully saturated rings. The highest BCUT2D eigenvalue weighted by atomic mass is 19.4. The van der Waals surface area contributed by atoms with Gasteiger partial charge in [-0.3, -0.25) is 14.5 Å². The number of halogens is 3. The maximum absolute atomic E-state index is 13.4. The van der Waals surface area contributed by atoms with Gasteiger partial charge in [0.25, 0.3) is 5.91 Å². The van der Waals surface area contributed by atoms with Crippen LogP contribution in [0.15, 0.2) is 18.2 Å². The van der Waals surface area contributed by atoms with Crippen LogP contribution >= 0.6 is 0 Å². The van der Waals surface area contributed by atoms with Crippen molar-refractivity contribution < 1.29 is 32.2 Å². The highest BCUT2D eigenvalue weighted by Crippen LogP contribution is 2.29. The fourth-order valence-electron chi connectivity index (χ4n) is 4.94. The number of likely N-dealkylation sites (N-methyl/N-ethyl adjacent to an activating group) is 1. The van der Waals surface area contributed by atoms with Gasteiger partial charge in [-0.1, -0.05) is 19.8 Å². The molecule has 3 rings (SSSR count). The molecule has 1 aromatic carbocycles. The molecule has 0 bridgehead atoms. The molecule has 1 aliphatic carbocycles. The largest absolute Gasteiger partial charge is 0.491 e. The summed E-state index contributed by atoms with van der Waals surface area (Å²) in [4.78, 5) is 29.3. The number of carbonyl (C=O) groups excluding carboxylic acids is 2. The number of carbonyl (C=O) groups is 2. The van der Waals surface area contributed by atoms with E-state index >= 15 is 0 Å². The quantitative estimate of drug-likeness (QED) is 0.625. The molecule has 3 atom stereocenters. The molecule has 202 valence electrons. The number of hydrogen-bond donors (Lipinski definition) is 1. The topological polar surface area (TPSA) is 71.1 Å². The number of rotatable bonds is 5. The standard InChI is InChI=1S/C26H38F3N3O4/c1-17-14-32(12-11-26(27,28)29)18(2)16-36-22-10-9-20(30-24(33)19-7-5-6-8-19)13-21(22)25(34)31(3)15-23(17)35-4/h9-10,13,17-19,23H,5-8,11-12,14-16H2,1-4H3,(H,30,33)/t17-,18+,23+/m1/s1. The summed E-state index contributed by atoms with van der Waals surface area (Å²) in [6, 6.07) is 4.62. The molecule has 10 heteroatoms. The number of hydrogen-bond acceptors (Lipinski definition) is 5. The average molecular weight is 514 g/mol. The number of ether oxygens (including phenoxy) is 2. The van der Waals surface area contributed by atoms with Crippen LogP contribution in [0.5, 0.6) is 5.75 Å². The van der Waals surface area contributed by atoms with Crippen LogP contribution in [-0.2, 0) is 9.53 Å². The zero-order valence-electron chi connectivity index (χ0n) is 21.6. The summed E-state index contributed by atoms with van der Waals surface area (Å²) in [5.74, 6) is -0.149. The molecule has 2 amide bonds. The van der Waals surface area contributed by atoms with E-state index in [0.29, 0.717) is 23.5 Å². The Balaban J connectivity index is 1.87. The normalized spacial score (nSPS) is 25.0. The number of amides is 2. The molecule has 0 unspecified atom stereocenters. The van der Waals surface area contributed by atoms with Crippen LogP contribution in [0, 0.1) is 11.8 Å². The number of methoxy groups -OCH3 is 1. The molecule has 0 saturated heterocycles. The molecule has 1 aromatic rings. The van der Waals surface area contributed by atoms with E-state index in [4.69, 9.17) is 9.47 Å². The van der Waals surface area contributed by atoms with Crippen molar-refractivity contribution >= 4 is 17.5 Å². The van der Waals surface area contributed by atoms with Crippen molar-refractivity contribution in [2.24, 2.45) is 11.8 Å². The van der Waals surface area contributed by atoms with Crippen molar-refractivity contribution in [1.82, 2.24) is 9.80 Å². The lowest BCUT2D eigenvalue weighted by Gasteiger charge is -2.36. The lowest BCUT2D eigenvalue weighted by molar-refractivity contribution is -0.140. The number of anilines is 1. The first-order chi connectivity index (χ1) is 17.0. The van der Waals surface area contributed by atoms with Gasteiger partial charge in [-0.25, -0.2) is 0 Å². The average Bonchev–Trinajstić information content (AvgIpc) is 3.37. The lowest BCUT2D eigenvalue weighted by Crippen LogP contribution is -2.47. The monoisotopic (exact) mass is 513 g/mol. The van der Waals surface area contributed by atoms with Crippen molar-refractivity contribution in [1.29, 1.82) is 0 Å². The van der Waals surface area contributed by atoms with Gasteiger partial charge in [-0.2, -0.15) is 13.2 Å². The van der Waals surface area contributed by atoms with Gasteiger partial charge in [0.2, 0.25) is 5.91 Å². The maximum atomic E-state index is 13.4. The minimum absolute atomic E-state index is 0.0203. The van der Waals surface area contributed by atoms with E-state index in [0.717, 1.165) is 25.7 Å². The third kappa shape index (κ3) is 7.59. The van der Waals surface area contributed by atoms with Gasteiger partial charge in [-0.15, -0.1) is 0 Å². The minimum Gasteiger partial charge on any atom is -0.491 e. The molecular weight excluding hydrogens is 475 g/mol. The van der Waals surface area contributed by atoms with Gasteiger partial charge >= 0.3 is 6.18 Å². The molecule has 1 aliphatic heterocycles. The molecule has 2 aliphatic rings. The summed E-state index contributed by atoms with van der Waals surface area (Å²) >= 11 is 0. The zero-order valence-corrected chi connectivity index (χ0v) is 21.6. The minimum atomic E-state index is -4.26. The van der Waals surface area contributed by atoms with Gasteiger partial charge in [-0.05, 0) is 43.9 Å². The van der Waals surface area contributed by atoms with Gasteiger partial charge < -0.3 is 19.7 Å². The Morgan fingerprint density at radius 2 is 1.89 bits per heavy atom. The molecule has 0 radical (unpaired) electrons. The van der Waals surface area contributed by atoms with Crippen LogP contribution in [0.25, 0.3) is 0 Å². The molecule has 7 nitrogen and oxygen atoms in total. The summed E-state index contributed by atoms with van der Waals surface area (Å²) in [5.41, 5.74) is 0.804. The first kappa shape index (κ1) is 28.2. The smallest absolute Gasteiger partial charge is 0.390 e. The third-order valence-corrected chi connectivity index (χ3v) is 7.25. The summed E-state index contributed by atoms with van der Waals surface area (Å²) < 4.78 is 50.6. The Morgan fingerprint density at radius 3 is 2.53 bits per heavy atom. The number of alkyl halides is 3. The molecule has 1 heterocycles. The van der Waals surface area contributed by atoms with Crippen molar-refractivity contribution in [3.63, 3.8) is 0 Å². The van der Waals surface area contributed by atoms with Gasteiger partial charge in [0.15, 0.2) is 0 Å². The van der Waals surface area contributed by atoms with Crippen molar-refractivity contribution in [2.75, 3.05) is 45.7 Å². The van der Waals surface area contributed by atoms with Crippen LogP contribution < -0.4 is 10.1 Å². The van der Waals surface area contributed by atoms with E-state index in [-0.39, 0.29) is 55.5 Å². The summed E-state index contributed by atoms with van der Waals surface area (Å²) in [5, 5.41) is 2.92. The van der Waals surface area contributed by atoms with Crippen molar-refractivity contribution in [3.05, 3.63) is 23.8 Å². The van der Waals surface area contributed by atoms with E-state index < -0.39 is 12.6 Å². The third-order valence-electron chi connectivity index (χ3n) is 7.25.